The molecule has 0 saturated heterocycles. The van der Waals surface area contributed by atoms with Crippen molar-refractivity contribution in [2.75, 3.05) is 32.9 Å². The molecule has 0 heterocycles. The molecular formula is C45H51F3N4O8. The van der Waals surface area contributed by atoms with E-state index >= 15 is 0 Å². The van der Waals surface area contributed by atoms with Gasteiger partial charge >= 0.3 is 18.4 Å². The van der Waals surface area contributed by atoms with E-state index in [1.54, 1.807) is 58.0 Å². The number of alkyl carbamates (subject to hydrolysis) is 2. The normalized spacial score (nSPS) is 13.2. The molecule has 15 heteroatoms. The molecule has 0 aromatic heterocycles. The van der Waals surface area contributed by atoms with E-state index in [4.69, 9.17) is 18.9 Å². The summed E-state index contributed by atoms with van der Waals surface area (Å²) >= 11 is 0. The van der Waals surface area contributed by atoms with Crippen LogP contribution in [-0.4, -0.2) is 86.2 Å². The first-order chi connectivity index (χ1) is 28.8. The number of alkyl halides is 3. The first kappa shape index (κ1) is 45.2. The minimum absolute atomic E-state index is 0.0114. The molecule has 12 nitrogen and oxygen atoms in total. The molecular weight excluding hydrogens is 782 g/mol. The van der Waals surface area contributed by atoms with Crippen molar-refractivity contribution in [1.29, 1.82) is 0 Å². The number of carbonyl (C=O) groups is 4. The third kappa shape index (κ3) is 12.3. The Morgan fingerprint density at radius 2 is 1.28 bits per heavy atom. The van der Waals surface area contributed by atoms with E-state index in [9.17, 15) is 32.3 Å². The predicted molar refractivity (Wildman–Crippen MR) is 218 cm³/mol. The van der Waals surface area contributed by atoms with Crippen molar-refractivity contribution >= 4 is 24.0 Å². The SMILES string of the molecule is CCOC(CN(C(=O)C(Cc1ccc(C(F)(F)F)cc1)NC(=O)C(CNC(=O)OCC1c2ccccc2-c2ccccc21)NC(=O)OCc1ccccc1)C(C)C)OCC. The Balaban J connectivity index is 1.35. The van der Waals surface area contributed by atoms with Gasteiger partial charge in [0, 0.05) is 31.6 Å². The van der Waals surface area contributed by atoms with Gasteiger partial charge in [-0.15, -0.1) is 0 Å². The highest BCUT2D eigenvalue weighted by Crippen LogP contribution is 2.44. The molecule has 2 atom stereocenters. The summed E-state index contributed by atoms with van der Waals surface area (Å²) in [5.74, 6) is -1.71. The lowest BCUT2D eigenvalue weighted by atomic mass is 9.98. The number of fused-ring (bicyclic) bond motifs is 3. The van der Waals surface area contributed by atoms with Crippen molar-refractivity contribution in [3.8, 4) is 11.1 Å². The third-order valence-electron chi connectivity index (χ3n) is 9.91. The third-order valence-corrected chi connectivity index (χ3v) is 9.91. The van der Waals surface area contributed by atoms with Crippen LogP contribution >= 0.6 is 0 Å². The quantitative estimate of drug-likeness (QED) is 0.0842. The lowest BCUT2D eigenvalue weighted by Gasteiger charge is -2.34. The fourth-order valence-electron chi connectivity index (χ4n) is 6.93. The van der Waals surface area contributed by atoms with Gasteiger partial charge < -0.3 is 39.8 Å². The molecule has 320 valence electrons. The summed E-state index contributed by atoms with van der Waals surface area (Å²) in [5, 5.41) is 7.73. The molecule has 1 aliphatic carbocycles. The van der Waals surface area contributed by atoms with E-state index in [2.05, 4.69) is 16.0 Å². The van der Waals surface area contributed by atoms with Crippen LogP contribution in [0.3, 0.4) is 0 Å². The molecule has 2 unspecified atom stereocenters. The van der Waals surface area contributed by atoms with E-state index in [1.807, 2.05) is 48.5 Å². The Morgan fingerprint density at radius 1 is 0.700 bits per heavy atom. The van der Waals surface area contributed by atoms with Gasteiger partial charge in [0.25, 0.3) is 0 Å². The standard InChI is InChI=1S/C45H51F3N4O8/c1-5-57-40(58-6-2)26-52(29(3)4)42(54)38(24-30-20-22-32(23-21-30)45(46,47)48)50-41(53)39(51-44(56)59-27-31-14-8-7-9-15-31)25-49-43(55)60-28-37-35-18-12-10-16-33(35)34-17-11-13-19-36(34)37/h7-23,29,37-40H,5-6,24-28H2,1-4H3,(H,49,55)(H,50,53)(H,51,56). The molecule has 0 spiro atoms. The average molecular weight is 833 g/mol. The summed E-state index contributed by atoms with van der Waals surface area (Å²) in [7, 11) is 0. The van der Waals surface area contributed by atoms with Crippen molar-refractivity contribution < 1.29 is 51.3 Å². The van der Waals surface area contributed by atoms with Crippen molar-refractivity contribution in [1.82, 2.24) is 20.9 Å². The Kier molecular flexibility index (Phi) is 16.1. The smallest absolute Gasteiger partial charge is 0.416 e. The summed E-state index contributed by atoms with van der Waals surface area (Å²) < 4.78 is 62.7. The van der Waals surface area contributed by atoms with Gasteiger partial charge in [-0.1, -0.05) is 91.0 Å². The van der Waals surface area contributed by atoms with Crippen LogP contribution < -0.4 is 16.0 Å². The monoisotopic (exact) mass is 832 g/mol. The first-order valence-electron chi connectivity index (χ1n) is 19.8. The molecule has 0 fully saturated rings. The zero-order valence-corrected chi connectivity index (χ0v) is 34.0. The van der Waals surface area contributed by atoms with Gasteiger partial charge in [0.15, 0.2) is 6.29 Å². The van der Waals surface area contributed by atoms with Gasteiger partial charge in [-0.3, -0.25) is 9.59 Å². The Bertz CT molecular complexity index is 2000. The molecule has 0 radical (unpaired) electrons. The van der Waals surface area contributed by atoms with E-state index in [-0.39, 0.29) is 32.1 Å². The number of nitrogens with zero attached hydrogens (tertiary/aromatic N) is 1. The first-order valence-corrected chi connectivity index (χ1v) is 19.8. The maximum Gasteiger partial charge on any atom is 0.416 e. The van der Waals surface area contributed by atoms with Gasteiger partial charge in [-0.25, -0.2) is 9.59 Å². The van der Waals surface area contributed by atoms with E-state index in [1.165, 1.54) is 17.0 Å². The second-order valence-electron chi connectivity index (χ2n) is 14.3. The summed E-state index contributed by atoms with van der Waals surface area (Å²) in [6.45, 7) is 7.02. The van der Waals surface area contributed by atoms with Crippen LogP contribution in [-0.2, 0) is 47.7 Å². The van der Waals surface area contributed by atoms with Crippen molar-refractivity contribution in [2.45, 2.75) is 77.2 Å². The van der Waals surface area contributed by atoms with E-state index in [0.717, 1.165) is 34.4 Å². The number of rotatable bonds is 19. The molecule has 0 saturated carbocycles. The number of hydrogen-bond acceptors (Lipinski definition) is 8. The summed E-state index contributed by atoms with van der Waals surface area (Å²) in [5.41, 5.74) is 4.20. The molecule has 4 amide bonds. The zero-order chi connectivity index (χ0) is 43.2. The minimum atomic E-state index is -4.59. The van der Waals surface area contributed by atoms with Crippen molar-refractivity contribution in [3.63, 3.8) is 0 Å². The highest BCUT2D eigenvalue weighted by Gasteiger charge is 2.35. The van der Waals surface area contributed by atoms with E-state index < -0.39 is 66.7 Å². The van der Waals surface area contributed by atoms with Crippen LogP contribution in [0.4, 0.5) is 22.8 Å². The molecule has 5 rings (SSSR count). The van der Waals surface area contributed by atoms with Crippen LogP contribution in [0.5, 0.6) is 0 Å². The highest BCUT2D eigenvalue weighted by atomic mass is 19.4. The molecule has 60 heavy (non-hydrogen) atoms. The average Bonchev–Trinajstić information content (AvgIpc) is 3.55. The predicted octanol–water partition coefficient (Wildman–Crippen LogP) is 7.20. The lowest BCUT2D eigenvalue weighted by molar-refractivity contribution is -0.163. The van der Waals surface area contributed by atoms with Gasteiger partial charge in [-0.2, -0.15) is 13.2 Å². The van der Waals surface area contributed by atoms with Gasteiger partial charge in [0.05, 0.1) is 18.7 Å². The number of hydrogen-bond donors (Lipinski definition) is 3. The van der Waals surface area contributed by atoms with Crippen LogP contribution in [0.2, 0.25) is 0 Å². The number of ether oxygens (including phenoxy) is 4. The molecule has 4 aromatic rings. The number of amides is 4. The van der Waals surface area contributed by atoms with Gasteiger partial charge in [-0.05, 0) is 73.2 Å². The number of carbonyl (C=O) groups excluding carboxylic acids is 4. The van der Waals surface area contributed by atoms with Crippen LogP contribution in [0.15, 0.2) is 103 Å². The van der Waals surface area contributed by atoms with E-state index in [0.29, 0.717) is 24.3 Å². The number of halogens is 3. The Labute approximate surface area is 347 Å². The largest absolute Gasteiger partial charge is 0.449 e. The lowest BCUT2D eigenvalue weighted by Crippen LogP contribution is -2.59. The second kappa shape index (κ2) is 21.4. The zero-order valence-electron chi connectivity index (χ0n) is 34.0. The van der Waals surface area contributed by atoms with Crippen LogP contribution in [0.25, 0.3) is 11.1 Å². The maximum absolute atomic E-state index is 14.4. The number of nitrogens with one attached hydrogen (secondary N) is 3. The van der Waals surface area contributed by atoms with Crippen molar-refractivity contribution in [2.24, 2.45) is 0 Å². The van der Waals surface area contributed by atoms with Crippen LogP contribution in [0.1, 0.15) is 61.4 Å². The van der Waals surface area contributed by atoms with Crippen LogP contribution in [0, 0.1) is 0 Å². The summed E-state index contributed by atoms with van der Waals surface area (Å²) in [4.78, 5) is 56.3. The Hall–Kier alpha value is -5.93. The van der Waals surface area contributed by atoms with Gasteiger partial charge in [0.1, 0.15) is 25.3 Å². The Morgan fingerprint density at radius 3 is 1.85 bits per heavy atom. The van der Waals surface area contributed by atoms with Gasteiger partial charge in [0.2, 0.25) is 11.8 Å². The minimum Gasteiger partial charge on any atom is -0.449 e. The number of benzene rings is 4. The fourth-order valence-corrected chi connectivity index (χ4v) is 6.93. The fraction of sp³-hybridized carbons (Fsp3) is 0.378. The maximum atomic E-state index is 14.4. The van der Waals surface area contributed by atoms with Crippen molar-refractivity contribution in [3.05, 3.63) is 131 Å². The molecule has 0 aliphatic heterocycles. The second-order valence-corrected chi connectivity index (χ2v) is 14.3. The highest BCUT2D eigenvalue weighted by molar-refractivity contribution is 5.92. The summed E-state index contributed by atoms with van der Waals surface area (Å²) in [6, 6.07) is 25.5. The molecule has 1 aliphatic rings. The topological polar surface area (TPSA) is 145 Å². The molecule has 3 N–H and O–H groups in total. The molecule has 4 aromatic carbocycles. The molecule has 0 bridgehead atoms. The summed E-state index contributed by atoms with van der Waals surface area (Å²) in [6.07, 6.45) is -7.46.